The van der Waals surface area contributed by atoms with E-state index in [2.05, 4.69) is 20.8 Å². The molecule has 32 heavy (non-hydrogen) atoms. The van der Waals surface area contributed by atoms with E-state index >= 15 is 0 Å². The number of nitrogens with zero attached hydrogens (tertiary/aromatic N) is 5. The van der Waals surface area contributed by atoms with Crippen LogP contribution in [0.5, 0.6) is 11.5 Å². The van der Waals surface area contributed by atoms with Gasteiger partial charge in [0.1, 0.15) is 17.2 Å². The van der Waals surface area contributed by atoms with Crippen LogP contribution < -0.4 is 14.8 Å². The van der Waals surface area contributed by atoms with Crippen LogP contribution in [0.2, 0.25) is 0 Å². The fourth-order valence-electron chi connectivity index (χ4n) is 3.15. The number of ether oxygens (including phenoxy) is 2. The number of aromatic nitrogens is 4. The summed E-state index contributed by atoms with van der Waals surface area (Å²) in [5, 5.41) is 14.8. The standard InChI is InChI=1S/C20H18N6O5S/c1-25-18(28)13-6-4-11(8-14(13)19(25)29)21-17(27)10-32-20-22-23-24-26(20)15-9-12(30-2)5-7-16(15)31-3/h4-9H,10H2,1-3H3,(H,21,27). The quantitative estimate of drug-likeness (QED) is 0.418. The Kier molecular flexibility index (Phi) is 5.77. The van der Waals surface area contributed by atoms with Crippen molar-refractivity contribution in [2.45, 2.75) is 5.16 Å². The molecule has 0 unspecified atom stereocenters. The zero-order valence-electron chi connectivity index (χ0n) is 17.4. The minimum atomic E-state index is -0.401. The molecule has 1 aromatic heterocycles. The summed E-state index contributed by atoms with van der Waals surface area (Å²) in [6.07, 6.45) is 0. The van der Waals surface area contributed by atoms with Gasteiger partial charge in [-0.2, -0.15) is 4.68 Å². The van der Waals surface area contributed by atoms with Gasteiger partial charge >= 0.3 is 0 Å². The summed E-state index contributed by atoms with van der Waals surface area (Å²) in [4.78, 5) is 37.6. The average molecular weight is 454 g/mol. The van der Waals surface area contributed by atoms with Crippen molar-refractivity contribution in [2.75, 3.05) is 32.3 Å². The molecule has 3 aromatic rings. The number of tetrazole rings is 1. The van der Waals surface area contributed by atoms with E-state index < -0.39 is 5.91 Å². The largest absolute Gasteiger partial charge is 0.497 e. The van der Waals surface area contributed by atoms with Crippen LogP contribution in [0, 0.1) is 0 Å². The summed E-state index contributed by atoms with van der Waals surface area (Å²) >= 11 is 1.12. The number of rotatable bonds is 7. The van der Waals surface area contributed by atoms with Gasteiger partial charge in [-0.15, -0.1) is 5.10 Å². The van der Waals surface area contributed by atoms with Crippen molar-refractivity contribution in [1.29, 1.82) is 0 Å². The summed E-state index contributed by atoms with van der Waals surface area (Å²) < 4.78 is 12.1. The van der Waals surface area contributed by atoms with Crippen LogP contribution in [0.4, 0.5) is 5.69 Å². The van der Waals surface area contributed by atoms with Crippen molar-refractivity contribution in [3.05, 3.63) is 47.5 Å². The summed E-state index contributed by atoms with van der Waals surface area (Å²) in [5.74, 6) is 0.0515. The van der Waals surface area contributed by atoms with Crippen molar-refractivity contribution in [3.8, 4) is 17.2 Å². The van der Waals surface area contributed by atoms with E-state index in [1.165, 1.54) is 31.0 Å². The van der Waals surface area contributed by atoms with E-state index in [1.807, 2.05) is 0 Å². The maximum atomic E-state index is 12.5. The van der Waals surface area contributed by atoms with E-state index in [9.17, 15) is 14.4 Å². The Morgan fingerprint density at radius 2 is 1.84 bits per heavy atom. The Bertz CT molecular complexity index is 1230. The predicted molar refractivity (Wildman–Crippen MR) is 114 cm³/mol. The lowest BCUT2D eigenvalue weighted by Gasteiger charge is -2.11. The number of methoxy groups -OCH3 is 2. The van der Waals surface area contributed by atoms with Gasteiger partial charge in [0.15, 0.2) is 0 Å². The van der Waals surface area contributed by atoms with Crippen LogP contribution in [0.25, 0.3) is 5.69 Å². The van der Waals surface area contributed by atoms with Crippen LogP contribution in [0.3, 0.4) is 0 Å². The highest BCUT2D eigenvalue weighted by Crippen LogP contribution is 2.30. The molecule has 3 amide bonds. The minimum absolute atomic E-state index is 0.0104. The molecule has 0 saturated carbocycles. The second-order valence-corrected chi connectivity index (χ2v) is 7.62. The monoisotopic (exact) mass is 454 g/mol. The predicted octanol–water partition coefficient (Wildman–Crippen LogP) is 1.64. The average Bonchev–Trinajstić information content (AvgIpc) is 3.36. The molecule has 12 heteroatoms. The van der Waals surface area contributed by atoms with Crippen LogP contribution >= 0.6 is 11.8 Å². The van der Waals surface area contributed by atoms with Crippen molar-refractivity contribution >= 4 is 35.2 Å². The second kappa shape index (κ2) is 8.67. The molecule has 2 aromatic carbocycles. The summed E-state index contributed by atoms with van der Waals surface area (Å²) in [7, 11) is 4.50. The van der Waals surface area contributed by atoms with Gasteiger partial charge in [0.05, 0.1) is 31.1 Å². The zero-order chi connectivity index (χ0) is 22.8. The number of carbonyl (C=O) groups excluding carboxylic acids is 3. The number of anilines is 1. The first-order valence-electron chi connectivity index (χ1n) is 9.32. The van der Waals surface area contributed by atoms with Gasteiger partial charge in [0.25, 0.3) is 11.8 Å². The van der Waals surface area contributed by atoms with E-state index in [-0.39, 0.29) is 23.1 Å². The Morgan fingerprint density at radius 3 is 2.59 bits per heavy atom. The number of thioether (sulfide) groups is 1. The molecule has 0 bridgehead atoms. The van der Waals surface area contributed by atoms with Crippen LogP contribution in [-0.2, 0) is 4.79 Å². The molecule has 1 aliphatic rings. The van der Waals surface area contributed by atoms with Crippen molar-refractivity contribution in [1.82, 2.24) is 25.1 Å². The summed E-state index contributed by atoms with van der Waals surface area (Å²) in [6.45, 7) is 0. The summed E-state index contributed by atoms with van der Waals surface area (Å²) in [5.41, 5.74) is 1.55. The molecule has 1 aliphatic heterocycles. The van der Waals surface area contributed by atoms with Gasteiger partial charge in [0, 0.05) is 18.8 Å². The zero-order valence-corrected chi connectivity index (χ0v) is 18.2. The van der Waals surface area contributed by atoms with Gasteiger partial charge in [-0.25, -0.2) is 0 Å². The van der Waals surface area contributed by atoms with Gasteiger partial charge in [0.2, 0.25) is 11.1 Å². The lowest BCUT2D eigenvalue weighted by atomic mass is 10.1. The highest BCUT2D eigenvalue weighted by molar-refractivity contribution is 7.99. The Morgan fingerprint density at radius 1 is 1.06 bits per heavy atom. The highest BCUT2D eigenvalue weighted by Gasteiger charge is 2.32. The Labute approximate surface area is 186 Å². The number of fused-ring (bicyclic) bond motifs is 1. The number of carbonyl (C=O) groups is 3. The molecule has 2 heterocycles. The molecule has 4 rings (SSSR count). The fourth-order valence-corrected chi connectivity index (χ4v) is 3.83. The first kappa shape index (κ1) is 21.3. The molecule has 0 fully saturated rings. The number of nitrogens with one attached hydrogen (secondary N) is 1. The lowest BCUT2D eigenvalue weighted by Crippen LogP contribution is -2.24. The van der Waals surface area contributed by atoms with E-state index in [0.717, 1.165) is 16.7 Å². The molecular weight excluding hydrogens is 436 g/mol. The summed E-state index contributed by atoms with van der Waals surface area (Å²) in [6, 6.07) is 9.80. The Hall–Kier alpha value is -3.93. The maximum absolute atomic E-state index is 12.5. The number of benzene rings is 2. The van der Waals surface area contributed by atoms with Gasteiger partial charge < -0.3 is 14.8 Å². The molecule has 0 saturated heterocycles. The molecule has 164 valence electrons. The maximum Gasteiger partial charge on any atom is 0.261 e. The number of imide groups is 1. The third-order valence-corrected chi connectivity index (χ3v) is 5.68. The van der Waals surface area contributed by atoms with Crippen molar-refractivity contribution in [3.63, 3.8) is 0 Å². The van der Waals surface area contributed by atoms with Crippen LogP contribution in [0.1, 0.15) is 20.7 Å². The van der Waals surface area contributed by atoms with E-state index in [1.54, 1.807) is 31.4 Å². The van der Waals surface area contributed by atoms with Gasteiger partial charge in [-0.05, 0) is 40.8 Å². The minimum Gasteiger partial charge on any atom is -0.497 e. The third kappa shape index (κ3) is 3.87. The molecule has 0 aliphatic carbocycles. The van der Waals surface area contributed by atoms with Crippen molar-refractivity contribution < 1.29 is 23.9 Å². The molecule has 0 radical (unpaired) electrons. The molecular formula is C20H18N6O5S. The number of amides is 3. The Balaban J connectivity index is 1.47. The topological polar surface area (TPSA) is 129 Å². The lowest BCUT2D eigenvalue weighted by molar-refractivity contribution is -0.113. The van der Waals surface area contributed by atoms with Gasteiger partial charge in [-0.3, -0.25) is 19.3 Å². The van der Waals surface area contributed by atoms with Crippen LogP contribution in [0.15, 0.2) is 41.6 Å². The first-order chi connectivity index (χ1) is 15.4. The van der Waals surface area contributed by atoms with Crippen LogP contribution in [-0.4, -0.2) is 69.8 Å². The number of hydrogen-bond acceptors (Lipinski definition) is 9. The smallest absolute Gasteiger partial charge is 0.261 e. The molecule has 1 N–H and O–H groups in total. The molecule has 0 spiro atoms. The molecule has 0 atom stereocenters. The second-order valence-electron chi connectivity index (χ2n) is 6.68. The SMILES string of the molecule is COc1ccc(OC)c(-n2nnnc2SCC(=O)Nc2ccc3c(c2)C(=O)N(C)C3=O)c1. The third-order valence-electron chi connectivity index (χ3n) is 4.76. The molecule has 11 nitrogen and oxygen atoms in total. The fraction of sp³-hybridized carbons (Fsp3) is 0.200. The number of hydrogen-bond donors (Lipinski definition) is 1. The highest BCUT2D eigenvalue weighted by atomic mass is 32.2. The van der Waals surface area contributed by atoms with Gasteiger partial charge in [-0.1, -0.05) is 11.8 Å². The van der Waals surface area contributed by atoms with E-state index in [4.69, 9.17) is 9.47 Å². The van der Waals surface area contributed by atoms with Crippen molar-refractivity contribution in [2.24, 2.45) is 0 Å². The van der Waals surface area contributed by atoms with E-state index in [0.29, 0.717) is 33.6 Å². The normalized spacial score (nSPS) is 12.7. The first-order valence-corrected chi connectivity index (χ1v) is 10.3.